The van der Waals surface area contributed by atoms with Gasteiger partial charge in [-0.3, -0.25) is 19.2 Å². The van der Waals surface area contributed by atoms with Crippen LogP contribution in [0, 0.1) is 5.92 Å². The summed E-state index contributed by atoms with van der Waals surface area (Å²) in [6.45, 7) is 4.24. The maximum Gasteiger partial charge on any atom is 0.255 e. The van der Waals surface area contributed by atoms with Gasteiger partial charge in [0.25, 0.3) is 5.91 Å². The molecule has 184 valence electrons. The van der Waals surface area contributed by atoms with Gasteiger partial charge >= 0.3 is 0 Å². The number of hydrogen-bond acceptors (Lipinski definition) is 4. The van der Waals surface area contributed by atoms with Crippen LogP contribution in [0.25, 0.3) is 0 Å². The number of nitrogens with one attached hydrogen (secondary N) is 2. The van der Waals surface area contributed by atoms with Gasteiger partial charge in [0, 0.05) is 46.4 Å². The van der Waals surface area contributed by atoms with Crippen molar-refractivity contribution in [2.75, 3.05) is 17.2 Å². The zero-order chi connectivity index (χ0) is 25.8. The summed E-state index contributed by atoms with van der Waals surface area (Å²) in [5, 5.41) is 5.98. The van der Waals surface area contributed by atoms with Crippen LogP contribution in [0.1, 0.15) is 46.5 Å². The van der Waals surface area contributed by atoms with Crippen LogP contribution in [0.3, 0.4) is 0 Å². The van der Waals surface area contributed by atoms with E-state index < -0.39 is 11.8 Å². The van der Waals surface area contributed by atoms with Gasteiger partial charge in [0.2, 0.25) is 11.8 Å². The minimum absolute atomic E-state index is 0.0236. The van der Waals surface area contributed by atoms with Crippen LogP contribution in [-0.2, 0) is 9.59 Å². The summed E-state index contributed by atoms with van der Waals surface area (Å²) in [5.74, 6) is -1.33. The third kappa shape index (κ3) is 5.63. The number of hydrogen-bond donors (Lipinski definition) is 2. The van der Waals surface area contributed by atoms with Crippen LogP contribution in [0.2, 0.25) is 5.02 Å². The number of carbonyl (C=O) groups excluding carboxylic acids is 4. The molecule has 8 heteroatoms. The van der Waals surface area contributed by atoms with Crippen molar-refractivity contribution in [3.63, 3.8) is 0 Å². The molecule has 1 saturated heterocycles. The van der Waals surface area contributed by atoms with E-state index in [1.165, 1.54) is 6.07 Å². The zero-order valence-electron chi connectivity index (χ0n) is 20.0. The van der Waals surface area contributed by atoms with E-state index in [0.717, 1.165) is 0 Å². The van der Waals surface area contributed by atoms with Crippen LogP contribution in [0.4, 0.5) is 11.4 Å². The van der Waals surface area contributed by atoms with E-state index in [1.807, 2.05) is 19.9 Å². The van der Waals surface area contributed by atoms with Crippen molar-refractivity contribution in [3.05, 3.63) is 94.5 Å². The molecule has 1 heterocycles. The van der Waals surface area contributed by atoms with Crippen LogP contribution in [0.5, 0.6) is 0 Å². The van der Waals surface area contributed by atoms with Crippen molar-refractivity contribution in [2.45, 2.75) is 26.3 Å². The quantitative estimate of drug-likeness (QED) is 0.442. The third-order valence-corrected chi connectivity index (χ3v) is 6.31. The number of carbonyl (C=O) groups is 4. The molecule has 1 atom stereocenters. The van der Waals surface area contributed by atoms with E-state index in [-0.39, 0.29) is 35.6 Å². The summed E-state index contributed by atoms with van der Waals surface area (Å²) in [7, 11) is 0. The molecule has 1 unspecified atom stereocenters. The Labute approximate surface area is 214 Å². The van der Waals surface area contributed by atoms with Crippen LogP contribution < -0.4 is 10.6 Å². The minimum Gasteiger partial charge on any atom is -0.339 e. The molecule has 3 amide bonds. The molecule has 0 spiro atoms. The second kappa shape index (κ2) is 10.7. The molecule has 0 bridgehead atoms. The lowest BCUT2D eigenvalue weighted by molar-refractivity contribution is -0.129. The van der Waals surface area contributed by atoms with Gasteiger partial charge in [-0.1, -0.05) is 41.9 Å². The smallest absolute Gasteiger partial charge is 0.255 e. The van der Waals surface area contributed by atoms with Gasteiger partial charge in [-0.2, -0.15) is 0 Å². The fourth-order valence-corrected chi connectivity index (χ4v) is 4.28. The molecule has 0 aliphatic carbocycles. The highest BCUT2D eigenvalue weighted by Crippen LogP contribution is 2.25. The second-order valence-electron chi connectivity index (χ2n) is 8.95. The van der Waals surface area contributed by atoms with Crippen LogP contribution in [0.15, 0.2) is 72.8 Å². The Morgan fingerprint density at radius 3 is 2.25 bits per heavy atom. The first kappa shape index (κ1) is 25.1. The Kier molecular flexibility index (Phi) is 7.50. The van der Waals surface area contributed by atoms with Gasteiger partial charge in [0.15, 0.2) is 5.78 Å². The first-order chi connectivity index (χ1) is 17.2. The summed E-state index contributed by atoms with van der Waals surface area (Å²) < 4.78 is 0. The Balaban J connectivity index is 1.43. The van der Waals surface area contributed by atoms with E-state index in [1.54, 1.807) is 65.6 Å². The Hall–Kier alpha value is -3.97. The van der Waals surface area contributed by atoms with Gasteiger partial charge in [-0.05, 0) is 56.3 Å². The zero-order valence-corrected chi connectivity index (χ0v) is 20.7. The van der Waals surface area contributed by atoms with E-state index in [9.17, 15) is 19.2 Å². The largest absolute Gasteiger partial charge is 0.339 e. The number of benzene rings is 3. The summed E-state index contributed by atoms with van der Waals surface area (Å²) in [5.41, 5.74) is 1.99. The minimum atomic E-state index is -0.411. The highest BCUT2D eigenvalue weighted by molar-refractivity contribution is 6.31. The monoisotopic (exact) mass is 503 g/mol. The van der Waals surface area contributed by atoms with Gasteiger partial charge in [0.1, 0.15) is 0 Å². The van der Waals surface area contributed by atoms with Crippen molar-refractivity contribution < 1.29 is 19.2 Å². The number of ketones is 1. The predicted molar refractivity (Wildman–Crippen MR) is 139 cm³/mol. The first-order valence-corrected chi connectivity index (χ1v) is 12.0. The lowest BCUT2D eigenvalue weighted by Gasteiger charge is -2.20. The molecule has 0 radical (unpaired) electrons. The average Bonchev–Trinajstić information content (AvgIpc) is 3.27. The Bertz CT molecular complexity index is 1310. The molecule has 1 fully saturated rings. The predicted octanol–water partition coefficient (Wildman–Crippen LogP) is 5.02. The van der Waals surface area contributed by atoms with Gasteiger partial charge in [0.05, 0.1) is 11.6 Å². The van der Waals surface area contributed by atoms with Crippen molar-refractivity contribution in [3.8, 4) is 0 Å². The summed E-state index contributed by atoms with van der Waals surface area (Å²) in [6, 6.07) is 19.9. The van der Waals surface area contributed by atoms with Crippen molar-refractivity contribution in [1.82, 2.24) is 4.90 Å². The van der Waals surface area contributed by atoms with E-state index in [2.05, 4.69) is 10.6 Å². The molecule has 1 aliphatic heterocycles. The Morgan fingerprint density at radius 2 is 1.61 bits per heavy atom. The summed E-state index contributed by atoms with van der Waals surface area (Å²) >= 11 is 6.12. The van der Waals surface area contributed by atoms with Crippen molar-refractivity contribution in [1.29, 1.82) is 0 Å². The summed E-state index contributed by atoms with van der Waals surface area (Å²) in [6.07, 6.45) is 0.190. The highest BCUT2D eigenvalue weighted by atomic mass is 35.5. The number of nitrogens with zero attached hydrogens (tertiary/aromatic N) is 1. The maximum atomic E-state index is 13.0. The SMILES string of the molecule is CC(C)N1CC(C(=O)Nc2ccc(C(=O)Nc3ccc(Cl)cc3C(=O)c3ccccc3)cc2)CC1=O. The molecular weight excluding hydrogens is 478 g/mol. The first-order valence-electron chi connectivity index (χ1n) is 11.6. The molecule has 3 aromatic carbocycles. The number of rotatable bonds is 7. The Morgan fingerprint density at radius 1 is 0.917 bits per heavy atom. The fraction of sp³-hybridized carbons (Fsp3) is 0.214. The summed E-state index contributed by atoms with van der Waals surface area (Å²) in [4.78, 5) is 52.3. The molecule has 0 saturated carbocycles. The molecule has 0 aromatic heterocycles. The normalized spacial score (nSPS) is 15.2. The molecule has 4 rings (SSSR count). The number of likely N-dealkylation sites (tertiary alicyclic amines) is 1. The molecule has 7 nitrogen and oxygen atoms in total. The number of anilines is 2. The topological polar surface area (TPSA) is 95.6 Å². The maximum absolute atomic E-state index is 13.0. The molecule has 3 aromatic rings. The lowest BCUT2D eigenvalue weighted by atomic mass is 10.0. The van der Waals surface area contributed by atoms with Gasteiger partial charge in [-0.25, -0.2) is 0 Å². The molecule has 36 heavy (non-hydrogen) atoms. The van der Waals surface area contributed by atoms with Crippen molar-refractivity contribution >= 4 is 46.5 Å². The highest BCUT2D eigenvalue weighted by Gasteiger charge is 2.35. The molecule has 2 N–H and O–H groups in total. The van der Waals surface area contributed by atoms with E-state index in [0.29, 0.717) is 34.1 Å². The van der Waals surface area contributed by atoms with Gasteiger partial charge < -0.3 is 15.5 Å². The number of amides is 3. The third-order valence-electron chi connectivity index (χ3n) is 6.08. The lowest BCUT2D eigenvalue weighted by Crippen LogP contribution is -2.33. The van der Waals surface area contributed by atoms with E-state index in [4.69, 9.17) is 11.6 Å². The van der Waals surface area contributed by atoms with E-state index >= 15 is 0 Å². The van der Waals surface area contributed by atoms with Crippen LogP contribution in [-0.4, -0.2) is 41.0 Å². The van der Waals surface area contributed by atoms with Crippen LogP contribution >= 0.6 is 11.6 Å². The standard InChI is InChI=1S/C28H26ClN3O4/c1-17(2)32-16-20(14-25(32)33)28(36)30-22-11-8-19(9-12-22)27(35)31-24-13-10-21(29)15-23(24)26(34)18-6-4-3-5-7-18/h3-13,15,17,20H,14,16H2,1-2H3,(H,30,36)(H,31,35). The molecular formula is C28H26ClN3O4. The second-order valence-corrected chi connectivity index (χ2v) is 9.38. The fourth-order valence-electron chi connectivity index (χ4n) is 4.11. The molecule has 1 aliphatic rings. The average molecular weight is 504 g/mol. The van der Waals surface area contributed by atoms with Gasteiger partial charge in [-0.15, -0.1) is 0 Å². The number of halogens is 1. The van der Waals surface area contributed by atoms with Crippen molar-refractivity contribution in [2.24, 2.45) is 5.92 Å².